The van der Waals surface area contributed by atoms with Crippen molar-refractivity contribution in [3.05, 3.63) is 41.7 Å². The molecule has 2 rings (SSSR count). The Morgan fingerprint density at radius 2 is 1.95 bits per heavy atom. The van der Waals surface area contributed by atoms with Crippen LogP contribution in [0.5, 0.6) is 0 Å². The third-order valence-electron chi connectivity index (χ3n) is 3.17. The van der Waals surface area contributed by atoms with Crippen LogP contribution in [0.3, 0.4) is 0 Å². The molecule has 0 atom stereocenters. The van der Waals surface area contributed by atoms with Gasteiger partial charge in [0.15, 0.2) is 0 Å². The molecular formula is C15H22N4. The number of nitrogens with one attached hydrogen (secondary N) is 1. The Balaban J connectivity index is 2.00. The topological polar surface area (TPSA) is 42.7 Å². The van der Waals surface area contributed by atoms with Crippen LogP contribution in [-0.4, -0.2) is 22.0 Å². The van der Waals surface area contributed by atoms with Crippen LogP contribution in [0, 0.1) is 0 Å². The van der Waals surface area contributed by atoms with Gasteiger partial charge in [0, 0.05) is 6.54 Å². The molecule has 0 aliphatic carbocycles. The van der Waals surface area contributed by atoms with Crippen LogP contribution in [0.15, 0.2) is 30.5 Å². The summed E-state index contributed by atoms with van der Waals surface area (Å²) in [5, 5.41) is 11.3. The minimum atomic E-state index is 0.745. The quantitative estimate of drug-likeness (QED) is 0.776. The molecule has 0 amide bonds. The maximum absolute atomic E-state index is 4.14. The predicted octanol–water partition coefficient (Wildman–Crippen LogP) is 2.72. The fraction of sp³-hybridized carbons (Fsp3) is 0.467. The Morgan fingerprint density at radius 1 is 1.16 bits per heavy atom. The fourth-order valence-corrected chi connectivity index (χ4v) is 2.08. The number of aryl methyl sites for hydroxylation is 1. The number of aromatic nitrogens is 3. The van der Waals surface area contributed by atoms with Gasteiger partial charge in [0.25, 0.3) is 0 Å². The Labute approximate surface area is 114 Å². The summed E-state index contributed by atoms with van der Waals surface area (Å²) in [6, 6.07) is 8.59. The minimum absolute atomic E-state index is 0.745. The van der Waals surface area contributed by atoms with Crippen molar-refractivity contribution in [2.45, 2.75) is 39.2 Å². The zero-order valence-corrected chi connectivity index (χ0v) is 11.8. The highest BCUT2D eigenvalue weighted by atomic mass is 15.4. The Kier molecular flexibility index (Phi) is 5.10. The van der Waals surface area contributed by atoms with Gasteiger partial charge in [-0.15, -0.1) is 5.10 Å². The molecule has 1 heterocycles. The molecule has 0 saturated carbocycles. The van der Waals surface area contributed by atoms with E-state index in [-0.39, 0.29) is 0 Å². The lowest BCUT2D eigenvalue weighted by Gasteiger charge is -2.03. The zero-order valence-electron chi connectivity index (χ0n) is 11.8. The molecule has 1 aromatic heterocycles. The number of nitrogens with zero attached hydrogens (tertiary/aromatic N) is 3. The van der Waals surface area contributed by atoms with E-state index in [2.05, 4.69) is 46.8 Å². The van der Waals surface area contributed by atoms with Crippen molar-refractivity contribution in [3.8, 4) is 5.69 Å². The van der Waals surface area contributed by atoms with Gasteiger partial charge in [-0.3, -0.25) is 0 Å². The predicted molar refractivity (Wildman–Crippen MR) is 77.4 cm³/mol. The van der Waals surface area contributed by atoms with E-state index >= 15 is 0 Å². The molecule has 0 unspecified atom stereocenters. The molecule has 102 valence electrons. The van der Waals surface area contributed by atoms with Gasteiger partial charge in [-0.1, -0.05) is 37.1 Å². The van der Waals surface area contributed by atoms with Gasteiger partial charge in [0.05, 0.1) is 17.6 Å². The standard InChI is InChI=1S/C15H22N4/c1-3-4-5-6-13-7-9-15(10-8-13)19-12-14(11-16-2)17-18-19/h7-10,12,16H,3-6,11H2,1-2H3. The van der Waals surface area contributed by atoms with Gasteiger partial charge in [0.1, 0.15) is 0 Å². The van der Waals surface area contributed by atoms with Crippen molar-refractivity contribution in [2.75, 3.05) is 7.05 Å². The number of benzene rings is 1. The summed E-state index contributed by atoms with van der Waals surface area (Å²) >= 11 is 0. The first kappa shape index (κ1) is 13.7. The lowest BCUT2D eigenvalue weighted by Crippen LogP contribution is -2.04. The first-order valence-electron chi connectivity index (χ1n) is 6.98. The van der Waals surface area contributed by atoms with E-state index in [4.69, 9.17) is 0 Å². The van der Waals surface area contributed by atoms with Crippen LogP contribution in [0.1, 0.15) is 37.4 Å². The molecule has 0 spiro atoms. The van der Waals surface area contributed by atoms with Gasteiger partial charge >= 0.3 is 0 Å². The highest BCUT2D eigenvalue weighted by Gasteiger charge is 2.02. The molecule has 0 aliphatic rings. The van der Waals surface area contributed by atoms with Gasteiger partial charge in [-0.05, 0) is 37.6 Å². The highest BCUT2D eigenvalue weighted by Crippen LogP contribution is 2.11. The van der Waals surface area contributed by atoms with Crippen molar-refractivity contribution in [1.82, 2.24) is 20.3 Å². The smallest absolute Gasteiger partial charge is 0.0969 e. The van der Waals surface area contributed by atoms with Gasteiger partial charge in [-0.25, -0.2) is 4.68 Å². The normalized spacial score (nSPS) is 10.8. The largest absolute Gasteiger partial charge is 0.314 e. The second-order valence-corrected chi connectivity index (χ2v) is 4.81. The highest BCUT2D eigenvalue weighted by molar-refractivity contribution is 5.33. The second-order valence-electron chi connectivity index (χ2n) is 4.81. The molecule has 1 aromatic carbocycles. The molecule has 4 nitrogen and oxygen atoms in total. The third-order valence-corrected chi connectivity index (χ3v) is 3.17. The van der Waals surface area contributed by atoms with Crippen molar-refractivity contribution >= 4 is 0 Å². The second kappa shape index (κ2) is 7.04. The number of hydrogen-bond acceptors (Lipinski definition) is 3. The van der Waals surface area contributed by atoms with Crippen LogP contribution < -0.4 is 5.32 Å². The van der Waals surface area contributed by atoms with Crippen LogP contribution in [0.2, 0.25) is 0 Å². The van der Waals surface area contributed by atoms with Gasteiger partial charge in [-0.2, -0.15) is 0 Å². The van der Waals surface area contributed by atoms with E-state index in [1.54, 1.807) is 0 Å². The molecule has 0 radical (unpaired) electrons. The lowest BCUT2D eigenvalue weighted by molar-refractivity contribution is 0.717. The average molecular weight is 258 g/mol. The molecule has 0 aliphatic heterocycles. The summed E-state index contributed by atoms with van der Waals surface area (Å²) in [4.78, 5) is 0. The summed E-state index contributed by atoms with van der Waals surface area (Å²) in [5.41, 5.74) is 3.41. The van der Waals surface area contributed by atoms with Crippen LogP contribution in [-0.2, 0) is 13.0 Å². The van der Waals surface area contributed by atoms with Gasteiger partial charge < -0.3 is 5.32 Å². The first-order chi connectivity index (χ1) is 9.33. The number of unbranched alkanes of at least 4 members (excludes halogenated alkanes) is 2. The summed E-state index contributed by atoms with van der Waals surface area (Å²) in [6.45, 7) is 2.98. The molecule has 0 fully saturated rings. The van der Waals surface area contributed by atoms with Crippen LogP contribution in [0.25, 0.3) is 5.69 Å². The number of rotatable bonds is 7. The third kappa shape index (κ3) is 3.89. The number of hydrogen-bond donors (Lipinski definition) is 1. The SMILES string of the molecule is CCCCCc1ccc(-n2cc(CNC)nn2)cc1. The van der Waals surface area contributed by atoms with Gasteiger partial charge in [0.2, 0.25) is 0 Å². The van der Waals surface area contributed by atoms with Crippen LogP contribution >= 0.6 is 0 Å². The molecule has 19 heavy (non-hydrogen) atoms. The summed E-state index contributed by atoms with van der Waals surface area (Å²) in [6.07, 6.45) is 6.97. The summed E-state index contributed by atoms with van der Waals surface area (Å²) < 4.78 is 1.82. The van der Waals surface area contributed by atoms with Crippen molar-refractivity contribution in [3.63, 3.8) is 0 Å². The first-order valence-corrected chi connectivity index (χ1v) is 6.98. The summed E-state index contributed by atoms with van der Waals surface area (Å²) in [7, 11) is 1.91. The molecule has 0 bridgehead atoms. The minimum Gasteiger partial charge on any atom is -0.314 e. The van der Waals surface area contributed by atoms with E-state index in [1.165, 1.54) is 24.8 Å². The Hall–Kier alpha value is -1.68. The Bertz CT molecular complexity index is 487. The van der Waals surface area contributed by atoms with E-state index in [9.17, 15) is 0 Å². The van der Waals surface area contributed by atoms with E-state index < -0.39 is 0 Å². The molecule has 0 saturated heterocycles. The monoisotopic (exact) mass is 258 g/mol. The molecule has 1 N–H and O–H groups in total. The lowest BCUT2D eigenvalue weighted by atomic mass is 10.1. The van der Waals surface area contributed by atoms with E-state index in [0.29, 0.717) is 0 Å². The van der Waals surface area contributed by atoms with E-state index in [1.807, 2.05) is 17.9 Å². The Morgan fingerprint density at radius 3 is 2.63 bits per heavy atom. The molecular weight excluding hydrogens is 236 g/mol. The maximum Gasteiger partial charge on any atom is 0.0969 e. The average Bonchev–Trinajstić information content (AvgIpc) is 2.89. The van der Waals surface area contributed by atoms with E-state index in [0.717, 1.165) is 24.3 Å². The van der Waals surface area contributed by atoms with Crippen molar-refractivity contribution in [2.24, 2.45) is 0 Å². The fourth-order valence-electron chi connectivity index (χ4n) is 2.08. The zero-order chi connectivity index (χ0) is 13.5. The van der Waals surface area contributed by atoms with Crippen LogP contribution in [0.4, 0.5) is 0 Å². The van der Waals surface area contributed by atoms with Crippen molar-refractivity contribution in [1.29, 1.82) is 0 Å². The molecule has 2 aromatic rings. The molecule has 4 heteroatoms. The summed E-state index contributed by atoms with van der Waals surface area (Å²) in [5.74, 6) is 0. The maximum atomic E-state index is 4.14. The van der Waals surface area contributed by atoms with Crippen molar-refractivity contribution < 1.29 is 0 Å².